The Hall–Kier alpha value is -2.66. The summed E-state index contributed by atoms with van der Waals surface area (Å²) >= 11 is 17.9. The van der Waals surface area contributed by atoms with E-state index in [1.807, 2.05) is 60.7 Å². The Morgan fingerprint density at radius 3 is 1.90 bits per heavy atom. The Labute approximate surface area is 194 Å². The molecule has 4 rings (SSSR count). The second-order valence-electron chi connectivity index (χ2n) is 6.84. The molecule has 0 amide bonds. The van der Waals surface area contributed by atoms with Crippen LogP contribution in [-0.4, -0.2) is 28.8 Å². The molecule has 1 N–H and O–H groups in total. The van der Waals surface area contributed by atoms with E-state index >= 15 is 0 Å². The molecule has 0 unspecified atom stereocenters. The molecule has 0 radical (unpaired) electrons. The Morgan fingerprint density at radius 1 is 0.839 bits per heavy atom. The number of methoxy groups -OCH3 is 2. The lowest BCUT2D eigenvalue weighted by Crippen LogP contribution is -2.20. The maximum absolute atomic E-state index is 13.1. The molecule has 31 heavy (non-hydrogen) atoms. The van der Waals surface area contributed by atoms with E-state index in [4.69, 9.17) is 44.3 Å². The van der Waals surface area contributed by atoms with Gasteiger partial charge >= 0.3 is 0 Å². The summed E-state index contributed by atoms with van der Waals surface area (Å²) in [6.45, 7) is 0. The number of rotatable bonds is 5. The van der Waals surface area contributed by atoms with E-state index in [2.05, 4.69) is 4.98 Å². The van der Waals surface area contributed by atoms with E-state index in [1.165, 1.54) is 7.11 Å². The van der Waals surface area contributed by atoms with Gasteiger partial charge in [-0.3, -0.25) is 4.79 Å². The summed E-state index contributed by atoms with van der Waals surface area (Å²) < 4.78 is 9.01. The highest BCUT2D eigenvalue weighted by Gasteiger charge is 2.37. The summed E-state index contributed by atoms with van der Waals surface area (Å²) in [6.07, 6.45) is 0. The van der Waals surface area contributed by atoms with Gasteiger partial charge < -0.3 is 14.5 Å². The Balaban J connectivity index is 2.20. The van der Waals surface area contributed by atoms with Crippen molar-refractivity contribution >= 4 is 51.5 Å². The van der Waals surface area contributed by atoms with Gasteiger partial charge in [0, 0.05) is 11.6 Å². The smallest absolute Gasteiger partial charge is 0.253 e. The molecule has 4 nitrogen and oxygen atoms in total. The predicted molar refractivity (Wildman–Crippen MR) is 127 cm³/mol. The Bertz CT molecular complexity index is 1250. The standard InChI is InChI=1S/C24H18Cl3NO3/c1-30-16-13-17(31-2)20(23(29)24(25,26)27)22-19(16)18(14-9-5-3-6-10-14)21(28-22)15-11-7-4-8-12-15/h3-13,28H,1-2H3. The van der Waals surface area contributed by atoms with Crippen LogP contribution in [0.15, 0.2) is 66.7 Å². The quantitative estimate of drug-likeness (QED) is 0.248. The van der Waals surface area contributed by atoms with Gasteiger partial charge in [0.2, 0.25) is 5.78 Å². The number of fused-ring (bicyclic) bond motifs is 1. The predicted octanol–water partition coefficient (Wildman–Crippen LogP) is 7.07. The molecular formula is C24H18Cl3NO3. The highest BCUT2D eigenvalue weighted by atomic mass is 35.6. The zero-order valence-electron chi connectivity index (χ0n) is 16.7. The summed E-state index contributed by atoms with van der Waals surface area (Å²) in [5, 5.41) is 0.700. The number of H-pyrrole nitrogens is 1. The third-order valence-corrected chi connectivity index (χ3v) is 5.57. The lowest BCUT2D eigenvalue weighted by molar-refractivity contribution is 0.0995. The molecule has 158 valence electrons. The van der Waals surface area contributed by atoms with E-state index in [1.54, 1.807) is 13.2 Å². The lowest BCUT2D eigenvalue weighted by atomic mass is 9.96. The van der Waals surface area contributed by atoms with Crippen molar-refractivity contribution in [1.82, 2.24) is 4.98 Å². The molecule has 0 aliphatic rings. The fraction of sp³-hybridized carbons (Fsp3) is 0.125. The molecule has 0 saturated heterocycles. The summed E-state index contributed by atoms with van der Waals surface area (Å²) in [6, 6.07) is 21.3. The van der Waals surface area contributed by atoms with Gasteiger partial charge in [-0.2, -0.15) is 0 Å². The number of ether oxygens (including phenoxy) is 2. The number of benzene rings is 3. The first-order chi connectivity index (χ1) is 14.9. The number of carbonyl (C=O) groups excluding carboxylic acids is 1. The largest absolute Gasteiger partial charge is 0.496 e. The van der Waals surface area contributed by atoms with Gasteiger partial charge in [0.1, 0.15) is 11.5 Å². The molecule has 3 aromatic carbocycles. The molecule has 4 aromatic rings. The Kier molecular flexibility index (Phi) is 5.89. The second-order valence-corrected chi connectivity index (χ2v) is 9.12. The fourth-order valence-corrected chi connectivity index (χ4v) is 4.01. The summed E-state index contributed by atoms with van der Waals surface area (Å²) in [5.41, 5.74) is 4.20. The first-order valence-corrected chi connectivity index (χ1v) is 10.5. The van der Waals surface area contributed by atoms with Crippen molar-refractivity contribution in [2.75, 3.05) is 14.2 Å². The van der Waals surface area contributed by atoms with Crippen molar-refractivity contribution in [3.8, 4) is 33.9 Å². The van der Waals surface area contributed by atoms with Crippen LogP contribution in [0.2, 0.25) is 0 Å². The van der Waals surface area contributed by atoms with Gasteiger partial charge in [0.15, 0.2) is 0 Å². The third-order valence-electron chi connectivity index (χ3n) is 5.05. The topological polar surface area (TPSA) is 51.3 Å². The molecule has 1 aromatic heterocycles. The monoisotopic (exact) mass is 473 g/mol. The van der Waals surface area contributed by atoms with Crippen molar-refractivity contribution in [1.29, 1.82) is 0 Å². The van der Waals surface area contributed by atoms with E-state index in [0.29, 0.717) is 16.7 Å². The van der Waals surface area contributed by atoms with Crippen LogP contribution in [-0.2, 0) is 0 Å². The number of alkyl halides is 3. The molecule has 0 atom stereocenters. The summed E-state index contributed by atoms with van der Waals surface area (Å²) in [7, 11) is 3.02. The van der Waals surface area contributed by atoms with Crippen molar-refractivity contribution in [2.45, 2.75) is 3.79 Å². The maximum Gasteiger partial charge on any atom is 0.253 e. The van der Waals surface area contributed by atoms with Crippen LogP contribution in [0.1, 0.15) is 10.4 Å². The van der Waals surface area contributed by atoms with Gasteiger partial charge in [-0.05, 0) is 11.1 Å². The molecule has 1 heterocycles. The fourth-order valence-electron chi connectivity index (χ4n) is 3.72. The van der Waals surface area contributed by atoms with Gasteiger partial charge in [0.05, 0.1) is 36.4 Å². The number of hydrogen-bond donors (Lipinski definition) is 1. The first kappa shape index (κ1) is 21.6. The number of halogens is 3. The van der Waals surface area contributed by atoms with Crippen LogP contribution in [0.4, 0.5) is 0 Å². The average Bonchev–Trinajstić information content (AvgIpc) is 3.18. The molecule has 0 spiro atoms. The third kappa shape index (κ3) is 3.87. The van der Waals surface area contributed by atoms with Crippen LogP contribution < -0.4 is 9.47 Å². The highest BCUT2D eigenvalue weighted by molar-refractivity contribution is 6.77. The van der Waals surface area contributed by atoms with Crippen LogP contribution >= 0.6 is 34.8 Å². The Morgan fingerprint density at radius 2 is 1.39 bits per heavy atom. The van der Waals surface area contributed by atoms with Crippen LogP contribution in [0.25, 0.3) is 33.3 Å². The maximum atomic E-state index is 13.1. The highest BCUT2D eigenvalue weighted by Crippen LogP contribution is 2.47. The van der Waals surface area contributed by atoms with Gasteiger partial charge in [-0.15, -0.1) is 0 Å². The van der Waals surface area contributed by atoms with Crippen molar-refractivity contribution in [3.05, 3.63) is 72.3 Å². The molecule has 7 heteroatoms. The molecule has 0 saturated carbocycles. The number of nitrogens with one attached hydrogen (secondary N) is 1. The minimum absolute atomic E-state index is 0.151. The summed E-state index contributed by atoms with van der Waals surface area (Å²) in [5.74, 6) is 0.0913. The zero-order chi connectivity index (χ0) is 22.2. The number of carbonyl (C=O) groups is 1. The van der Waals surface area contributed by atoms with Crippen LogP contribution in [0.3, 0.4) is 0 Å². The molecule has 0 aliphatic carbocycles. The van der Waals surface area contributed by atoms with E-state index in [-0.39, 0.29) is 11.3 Å². The lowest BCUT2D eigenvalue weighted by Gasteiger charge is -2.16. The zero-order valence-corrected chi connectivity index (χ0v) is 19.0. The number of Topliss-reactive ketones (excluding diaryl/α,β-unsaturated/α-hetero) is 1. The van der Waals surface area contributed by atoms with E-state index < -0.39 is 9.58 Å². The number of aromatic nitrogens is 1. The molecular weight excluding hydrogens is 457 g/mol. The average molecular weight is 475 g/mol. The van der Waals surface area contributed by atoms with Gasteiger partial charge in [-0.25, -0.2) is 0 Å². The van der Waals surface area contributed by atoms with Crippen molar-refractivity contribution in [2.24, 2.45) is 0 Å². The van der Waals surface area contributed by atoms with Crippen LogP contribution in [0, 0.1) is 0 Å². The van der Waals surface area contributed by atoms with Gasteiger partial charge in [0.25, 0.3) is 3.79 Å². The van der Waals surface area contributed by atoms with Crippen molar-refractivity contribution in [3.63, 3.8) is 0 Å². The number of aromatic amines is 1. The summed E-state index contributed by atoms with van der Waals surface area (Å²) in [4.78, 5) is 16.5. The van der Waals surface area contributed by atoms with E-state index in [0.717, 1.165) is 22.4 Å². The number of ketones is 1. The SMILES string of the molecule is COc1cc(OC)c2c(-c3ccccc3)c(-c3ccccc3)[nH]c2c1C(=O)C(Cl)(Cl)Cl. The van der Waals surface area contributed by atoms with E-state index in [9.17, 15) is 4.79 Å². The minimum atomic E-state index is -2.15. The number of hydrogen-bond acceptors (Lipinski definition) is 3. The van der Waals surface area contributed by atoms with Crippen LogP contribution in [0.5, 0.6) is 11.5 Å². The minimum Gasteiger partial charge on any atom is -0.496 e. The molecule has 0 bridgehead atoms. The molecule has 0 fully saturated rings. The second kappa shape index (κ2) is 8.46. The van der Waals surface area contributed by atoms with Gasteiger partial charge in [-0.1, -0.05) is 95.5 Å². The first-order valence-electron chi connectivity index (χ1n) is 9.39. The van der Waals surface area contributed by atoms with Crippen molar-refractivity contribution < 1.29 is 14.3 Å². The normalized spacial score (nSPS) is 11.5. The molecule has 0 aliphatic heterocycles.